The van der Waals surface area contributed by atoms with Crippen LogP contribution in [-0.4, -0.2) is 4.92 Å². The third-order valence-electron chi connectivity index (χ3n) is 2.38. The summed E-state index contributed by atoms with van der Waals surface area (Å²) in [5.74, 6) is 1.12. The summed E-state index contributed by atoms with van der Waals surface area (Å²) in [4.78, 5) is 9.69. The molecule has 0 saturated heterocycles. The minimum Gasteiger partial charge on any atom is -0.456 e. The Morgan fingerprint density at radius 1 is 1.33 bits per heavy atom. The van der Waals surface area contributed by atoms with Crippen molar-refractivity contribution in [3.8, 4) is 11.3 Å². The fraction of sp³-hybridized carbons (Fsp3) is 0.0769. The fourth-order valence-electron chi connectivity index (χ4n) is 1.54. The summed E-state index contributed by atoms with van der Waals surface area (Å²) in [6, 6.07) is 9.40. The highest BCUT2D eigenvalue weighted by molar-refractivity contribution is 9.10. The van der Waals surface area contributed by atoms with Crippen LogP contribution in [-0.2, 0) is 0 Å². The number of aryl methyl sites for hydroxylation is 1. The van der Waals surface area contributed by atoms with Crippen LogP contribution in [0, 0.1) is 17.0 Å². The maximum Gasteiger partial charge on any atom is 0.238 e. The lowest BCUT2D eigenvalue weighted by Crippen LogP contribution is -1.81. The lowest BCUT2D eigenvalue weighted by Gasteiger charge is -2.01. The molecule has 0 aliphatic heterocycles. The predicted octanol–water partition coefficient (Wildman–Crippen LogP) is 4.26. The highest BCUT2D eigenvalue weighted by atomic mass is 79.9. The summed E-state index contributed by atoms with van der Waals surface area (Å²) in [5.41, 5.74) is 2.06. The van der Waals surface area contributed by atoms with E-state index >= 15 is 0 Å². The number of hydrogen-bond acceptors (Lipinski definition) is 3. The highest BCUT2D eigenvalue weighted by Gasteiger charge is 2.07. The van der Waals surface area contributed by atoms with Gasteiger partial charge in [-0.15, -0.1) is 0 Å². The highest BCUT2D eigenvalue weighted by Crippen LogP contribution is 2.30. The zero-order valence-electron chi connectivity index (χ0n) is 9.59. The van der Waals surface area contributed by atoms with Crippen molar-refractivity contribution in [1.29, 1.82) is 0 Å². The molecule has 92 valence electrons. The Morgan fingerprint density at radius 2 is 2.11 bits per heavy atom. The Kier molecular flexibility index (Phi) is 3.62. The monoisotopic (exact) mass is 307 g/mol. The molecule has 0 N–H and O–H groups in total. The van der Waals surface area contributed by atoms with E-state index in [1.807, 2.05) is 25.1 Å². The van der Waals surface area contributed by atoms with Gasteiger partial charge in [0.05, 0.1) is 11.0 Å². The normalized spacial score (nSPS) is 11.0. The second-order valence-corrected chi connectivity index (χ2v) is 4.64. The SMILES string of the molecule is Cc1ccc(-c2ccc(C=C[N+](=O)[O-])o2)c(Br)c1. The first kappa shape index (κ1) is 12.6. The summed E-state index contributed by atoms with van der Waals surface area (Å²) in [7, 11) is 0. The van der Waals surface area contributed by atoms with Crippen LogP contribution in [0.5, 0.6) is 0 Å². The van der Waals surface area contributed by atoms with E-state index in [0.717, 1.165) is 21.8 Å². The molecular weight excluding hydrogens is 298 g/mol. The first-order chi connectivity index (χ1) is 8.56. The molecule has 0 bridgehead atoms. The van der Waals surface area contributed by atoms with Crippen molar-refractivity contribution in [2.45, 2.75) is 6.92 Å². The van der Waals surface area contributed by atoms with Gasteiger partial charge in [0.15, 0.2) is 0 Å². The molecular formula is C13H10BrNO3. The Labute approximate surface area is 112 Å². The molecule has 2 aromatic rings. The molecule has 0 atom stereocenters. The van der Waals surface area contributed by atoms with Crippen LogP contribution < -0.4 is 0 Å². The van der Waals surface area contributed by atoms with Crippen molar-refractivity contribution in [2.24, 2.45) is 0 Å². The number of furan rings is 1. The number of hydrogen-bond donors (Lipinski definition) is 0. The maximum atomic E-state index is 10.2. The summed E-state index contributed by atoms with van der Waals surface area (Å²) in [6.45, 7) is 2.00. The number of benzene rings is 1. The van der Waals surface area contributed by atoms with Gasteiger partial charge in [0.25, 0.3) is 0 Å². The molecule has 0 saturated carbocycles. The minimum atomic E-state index is -0.524. The second-order valence-electron chi connectivity index (χ2n) is 3.79. The van der Waals surface area contributed by atoms with Crippen LogP contribution >= 0.6 is 15.9 Å². The van der Waals surface area contributed by atoms with Crippen molar-refractivity contribution in [3.05, 3.63) is 62.4 Å². The summed E-state index contributed by atoms with van der Waals surface area (Å²) in [5, 5.41) is 10.2. The van der Waals surface area contributed by atoms with Gasteiger partial charge in [-0.05, 0) is 36.8 Å². The molecule has 0 amide bonds. The molecule has 0 fully saturated rings. The van der Waals surface area contributed by atoms with Gasteiger partial charge in [-0.1, -0.05) is 22.0 Å². The van der Waals surface area contributed by atoms with Gasteiger partial charge in [-0.25, -0.2) is 0 Å². The first-order valence-electron chi connectivity index (χ1n) is 5.24. The third kappa shape index (κ3) is 2.87. The molecule has 1 aromatic carbocycles. The van der Waals surface area contributed by atoms with E-state index in [0.29, 0.717) is 11.5 Å². The largest absolute Gasteiger partial charge is 0.456 e. The van der Waals surface area contributed by atoms with Gasteiger partial charge in [0.2, 0.25) is 6.20 Å². The molecule has 0 unspecified atom stereocenters. The molecule has 0 radical (unpaired) electrons. The molecule has 4 nitrogen and oxygen atoms in total. The summed E-state index contributed by atoms with van der Waals surface area (Å²) < 4.78 is 6.45. The van der Waals surface area contributed by atoms with Crippen molar-refractivity contribution in [1.82, 2.24) is 0 Å². The first-order valence-corrected chi connectivity index (χ1v) is 6.03. The molecule has 0 aliphatic carbocycles. The third-order valence-corrected chi connectivity index (χ3v) is 3.03. The molecule has 5 heteroatoms. The smallest absolute Gasteiger partial charge is 0.238 e. The fourth-order valence-corrected chi connectivity index (χ4v) is 2.23. The molecule has 1 heterocycles. The molecule has 2 rings (SSSR count). The van der Waals surface area contributed by atoms with Gasteiger partial charge in [-0.2, -0.15) is 0 Å². The topological polar surface area (TPSA) is 56.3 Å². The van der Waals surface area contributed by atoms with Crippen molar-refractivity contribution >= 4 is 22.0 Å². The van der Waals surface area contributed by atoms with Crippen molar-refractivity contribution < 1.29 is 9.34 Å². The number of rotatable bonds is 3. The Hall–Kier alpha value is -1.88. The Bertz CT molecular complexity index is 616. The van der Waals surface area contributed by atoms with E-state index in [1.54, 1.807) is 12.1 Å². The molecule has 1 aromatic heterocycles. The molecule has 0 aliphatic rings. The molecule has 0 spiro atoms. The Morgan fingerprint density at radius 3 is 2.78 bits per heavy atom. The number of halogens is 1. The van der Waals surface area contributed by atoms with E-state index < -0.39 is 4.92 Å². The lowest BCUT2D eigenvalue weighted by molar-refractivity contribution is -0.401. The zero-order valence-corrected chi connectivity index (χ0v) is 11.2. The maximum absolute atomic E-state index is 10.2. The lowest BCUT2D eigenvalue weighted by atomic mass is 10.1. The quantitative estimate of drug-likeness (QED) is 0.628. The van der Waals surface area contributed by atoms with E-state index in [2.05, 4.69) is 15.9 Å². The van der Waals surface area contributed by atoms with Gasteiger partial charge in [0.1, 0.15) is 11.5 Å². The van der Waals surface area contributed by atoms with Gasteiger partial charge in [0, 0.05) is 10.0 Å². The van der Waals surface area contributed by atoms with E-state index in [-0.39, 0.29) is 0 Å². The summed E-state index contributed by atoms with van der Waals surface area (Å²) in [6.07, 6.45) is 2.18. The zero-order chi connectivity index (χ0) is 13.1. The van der Waals surface area contributed by atoms with Crippen LogP contribution in [0.2, 0.25) is 0 Å². The second kappa shape index (κ2) is 5.18. The molecule has 18 heavy (non-hydrogen) atoms. The minimum absolute atomic E-state index is 0.453. The Balaban J connectivity index is 2.32. The predicted molar refractivity (Wildman–Crippen MR) is 72.6 cm³/mol. The van der Waals surface area contributed by atoms with Gasteiger partial charge < -0.3 is 4.42 Å². The van der Waals surface area contributed by atoms with Crippen molar-refractivity contribution in [3.63, 3.8) is 0 Å². The van der Waals surface area contributed by atoms with E-state index in [1.165, 1.54) is 6.08 Å². The summed E-state index contributed by atoms with van der Waals surface area (Å²) >= 11 is 3.47. The average Bonchev–Trinajstić information content (AvgIpc) is 2.75. The van der Waals surface area contributed by atoms with Crippen LogP contribution in [0.25, 0.3) is 17.4 Å². The number of nitrogens with zero attached hydrogens (tertiary/aromatic N) is 1. The van der Waals surface area contributed by atoms with E-state index in [4.69, 9.17) is 4.42 Å². The average molecular weight is 308 g/mol. The van der Waals surface area contributed by atoms with Gasteiger partial charge in [-0.3, -0.25) is 10.1 Å². The van der Waals surface area contributed by atoms with Crippen LogP contribution in [0.15, 0.2) is 45.4 Å². The van der Waals surface area contributed by atoms with Crippen LogP contribution in [0.4, 0.5) is 0 Å². The standard InChI is InChI=1S/C13H10BrNO3/c1-9-2-4-11(12(14)8-9)13-5-3-10(18-13)6-7-15(16)17/h2-8H,1H3. The van der Waals surface area contributed by atoms with Gasteiger partial charge >= 0.3 is 0 Å². The number of nitro groups is 1. The van der Waals surface area contributed by atoms with Crippen LogP contribution in [0.3, 0.4) is 0 Å². The van der Waals surface area contributed by atoms with Crippen molar-refractivity contribution in [2.75, 3.05) is 0 Å². The van der Waals surface area contributed by atoms with E-state index in [9.17, 15) is 10.1 Å². The van der Waals surface area contributed by atoms with Crippen LogP contribution in [0.1, 0.15) is 11.3 Å².